The van der Waals surface area contributed by atoms with E-state index in [1.807, 2.05) is 19.9 Å². The van der Waals surface area contributed by atoms with Gasteiger partial charge in [0.1, 0.15) is 0 Å². The van der Waals surface area contributed by atoms with Crippen molar-refractivity contribution in [3.8, 4) is 0 Å². The summed E-state index contributed by atoms with van der Waals surface area (Å²) in [5.41, 5.74) is 2.39. The molecule has 0 radical (unpaired) electrons. The van der Waals surface area contributed by atoms with E-state index in [2.05, 4.69) is 10.2 Å². The number of esters is 2. The second-order valence-electron chi connectivity index (χ2n) is 6.63. The van der Waals surface area contributed by atoms with Gasteiger partial charge in [-0.15, -0.1) is 0 Å². The third-order valence-electron chi connectivity index (χ3n) is 4.15. The molecule has 6 nitrogen and oxygen atoms in total. The Bertz CT molecular complexity index is 833. The van der Waals surface area contributed by atoms with E-state index in [0.717, 1.165) is 31.2 Å². The summed E-state index contributed by atoms with van der Waals surface area (Å²) in [5.74, 6) is -0.684. The Balaban J connectivity index is 1.94. The van der Waals surface area contributed by atoms with Gasteiger partial charge in [-0.25, -0.2) is 9.59 Å². The van der Waals surface area contributed by atoms with Gasteiger partial charge in [0.25, 0.3) is 0 Å². The van der Waals surface area contributed by atoms with Crippen LogP contribution in [-0.2, 0) is 16.0 Å². The first kappa shape index (κ1) is 22.3. The average Bonchev–Trinajstić information content (AvgIpc) is 2.74. The van der Waals surface area contributed by atoms with Crippen molar-refractivity contribution in [1.82, 2.24) is 0 Å². The molecule has 0 saturated heterocycles. The van der Waals surface area contributed by atoms with E-state index in [-0.39, 0.29) is 11.9 Å². The Labute approximate surface area is 171 Å². The maximum Gasteiger partial charge on any atom is 0.338 e. The number of rotatable bonds is 11. The second-order valence-corrected chi connectivity index (χ2v) is 6.63. The monoisotopic (exact) mass is 396 g/mol. The van der Waals surface area contributed by atoms with E-state index in [9.17, 15) is 9.59 Å². The fourth-order valence-corrected chi connectivity index (χ4v) is 2.48. The predicted octanol–water partition coefficient (Wildman–Crippen LogP) is 5.88. The highest BCUT2D eigenvalue weighted by atomic mass is 16.5. The zero-order valence-electron chi connectivity index (χ0n) is 17.1. The topological polar surface area (TPSA) is 77.3 Å². The molecule has 6 heteroatoms. The lowest BCUT2D eigenvalue weighted by Gasteiger charge is -2.05. The fourth-order valence-electron chi connectivity index (χ4n) is 2.48. The summed E-state index contributed by atoms with van der Waals surface area (Å²) < 4.78 is 10.4. The largest absolute Gasteiger partial charge is 0.462 e. The number of nitrogens with zero attached hydrogens (tertiary/aromatic N) is 2. The van der Waals surface area contributed by atoms with Gasteiger partial charge in [0.05, 0.1) is 36.6 Å². The fraction of sp³-hybridized carbons (Fsp3) is 0.391. The van der Waals surface area contributed by atoms with Gasteiger partial charge in [-0.05, 0) is 48.7 Å². The molecular weight excluding hydrogens is 368 g/mol. The van der Waals surface area contributed by atoms with Gasteiger partial charge >= 0.3 is 11.9 Å². The molecule has 0 heterocycles. The molecule has 0 fully saturated rings. The van der Waals surface area contributed by atoms with Gasteiger partial charge in [-0.1, -0.05) is 44.9 Å². The number of carbonyl (C=O) groups excluding carboxylic acids is 2. The number of ether oxygens (including phenoxy) is 2. The van der Waals surface area contributed by atoms with Crippen LogP contribution in [0.25, 0.3) is 0 Å². The first-order valence-electron chi connectivity index (χ1n) is 10.0. The lowest BCUT2D eigenvalue weighted by atomic mass is 10.1. The van der Waals surface area contributed by atoms with Crippen molar-refractivity contribution in [3.05, 3.63) is 65.2 Å². The molecule has 0 amide bonds. The Morgan fingerprint density at radius 2 is 1.41 bits per heavy atom. The molecule has 0 aromatic heterocycles. The minimum atomic E-state index is -0.357. The summed E-state index contributed by atoms with van der Waals surface area (Å²) in [6.45, 7) is 5.25. The molecule has 2 aromatic carbocycles. The van der Waals surface area contributed by atoms with E-state index in [0.29, 0.717) is 36.6 Å². The zero-order valence-corrected chi connectivity index (χ0v) is 17.1. The number of carbonyl (C=O) groups is 2. The van der Waals surface area contributed by atoms with Crippen molar-refractivity contribution in [1.29, 1.82) is 0 Å². The lowest BCUT2D eigenvalue weighted by Crippen LogP contribution is -2.06. The Morgan fingerprint density at radius 1 is 0.828 bits per heavy atom. The molecule has 2 aromatic rings. The SMILES string of the molecule is CCCCOC(=O)c1cccc(CN=Nc2cccc(C(=O)OCCCC)c2)c1. The molecule has 0 bridgehead atoms. The Hall–Kier alpha value is -3.02. The molecule has 0 atom stereocenters. The molecule has 0 saturated carbocycles. The highest BCUT2D eigenvalue weighted by Crippen LogP contribution is 2.17. The zero-order chi connectivity index (χ0) is 20.9. The summed E-state index contributed by atoms with van der Waals surface area (Å²) in [6, 6.07) is 14.0. The van der Waals surface area contributed by atoms with Crippen molar-refractivity contribution in [2.24, 2.45) is 10.2 Å². The molecule has 2 rings (SSSR count). The molecule has 154 valence electrons. The minimum absolute atomic E-state index is 0.321. The molecule has 0 unspecified atom stereocenters. The number of unbranched alkanes of at least 4 members (excludes halogenated alkanes) is 2. The highest BCUT2D eigenvalue weighted by Gasteiger charge is 2.08. The molecule has 0 aliphatic heterocycles. The van der Waals surface area contributed by atoms with E-state index in [4.69, 9.17) is 9.47 Å². The van der Waals surface area contributed by atoms with E-state index < -0.39 is 0 Å². The first-order chi connectivity index (χ1) is 14.1. The van der Waals surface area contributed by atoms with Crippen LogP contribution in [0.3, 0.4) is 0 Å². The molecule has 29 heavy (non-hydrogen) atoms. The minimum Gasteiger partial charge on any atom is -0.462 e. The number of hydrogen-bond acceptors (Lipinski definition) is 6. The summed E-state index contributed by atoms with van der Waals surface area (Å²) >= 11 is 0. The maximum absolute atomic E-state index is 12.0. The van der Waals surface area contributed by atoms with Crippen LogP contribution in [0.5, 0.6) is 0 Å². The van der Waals surface area contributed by atoms with Gasteiger partial charge in [0.2, 0.25) is 0 Å². The van der Waals surface area contributed by atoms with Crippen LogP contribution in [0.15, 0.2) is 58.8 Å². The summed E-state index contributed by atoms with van der Waals surface area (Å²) in [7, 11) is 0. The normalized spacial score (nSPS) is 10.8. The van der Waals surface area contributed by atoms with Crippen molar-refractivity contribution < 1.29 is 19.1 Å². The number of azo groups is 1. The van der Waals surface area contributed by atoms with Crippen LogP contribution >= 0.6 is 0 Å². The Morgan fingerprint density at radius 3 is 2.03 bits per heavy atom. The quantitative estimate of drug-likeness (QED) is 0.270. The van der Waals surface area contributed by atoms with Crippen LogP contribution in [0.4, 0.5) is 5.69 Å². The molecule has 0 N–H and O–H groups in total. The van der Waals surface area contributed by atoms with Gasteiger partial charge in [-0.3, -0.25) is 0 Å². The summed E-state index contributed by atoms with van der Waals surface area (Å²) in [5, 5.41) is 8.36. The van der Waals surface area contributed by atoms with Crippen LogP contribution < -0.4 is 0 Å². The molecule has 0 aliphatic carbocycles. The van der Waals surface area contributed by atoms with Crippen molar-refractivity contribution in [3.63, 3.8) is 0 Å². The number of hydrogen-bond donors (Lipinski definition) is 0. The average molecular weight is 396 g/mol. The molecule has 0 aliphatic rings. The number of benzene rings is 2. The maximum atomic E-state index is 12.0. The Kier molecular flexibility index (Phi) is 9.55. The van der Waals surface area contributed by atoms with E-state index in [1.165, 1.54) is 0 Å². The van der Waals surface area contributed by atoms with Gasteiger partial charge < -0.3 is 9.47 Å². The van der Waals surface area contributed by atoms with Crippen LogP contribution in [0.1, 0.15) is 65.8 Å². The van der Waals surface area contributed by atoms with Gasteiger partial charge in [0, 0.05) is 0 Å². The van der Waals surface area contributed by atoms with Crippen LogP contribution in [0.2, 0.25) is 0 Å². The van der Waals surface area contributed by atoms with Gasteiger partial charge in [0.15, 0.2) is 0 Å². The van der Waals surface area contributed by atoms with E-state index in [1.54, 1.807) is 42.5 Å². The summed E-state index contributed by atoms with van der Waals surface area (Å²) in [6.07, 6.45) is 3.64. The van der Waals surface area contributed by atoms with Crippen LogP contribution in [-0.4, -0.2) is 25.2 Å². The van der Waals surface area contributed by atoms with Crippen molar-refractivity contribution >= 4 is 17.6 Å². The summed E-state index contributed by atoms with van der Waals surface area (Å²) in [4.78, 5) is 24.1. The third kappa shape index (κ3) is 7.86. The van der Waals surface area contributed by atoms with E-state index >= 15 is 0 Å². The smallest absolute Gasteiger partial charge is 0.338 e. The van der Waals surface area contributed by atoms with Crippen molar-refractivity contribution in [2.45, 2.75) is 46.1 Å². The lowest BCUT2D eigenvalue weighted by molar-refractivity contribution is 0.0490. The standard InChI is InChI=1S/C23H28N2O4/c1-3-5-13-28-22(26)19-10-7-9-18(15-19)17-24-25-21-12-8-11-20(16-21)23(27)29-14-6-4-2/h7-12,15-16H,3-6,13-14,17H2,1-2H3. The predicted molar refractivity (Wildman–Crippen MR) is 111 cm³/mol. The molecule has 0 spiro atoms. The first-order valence-corrected chi connectivity index (χ1v) is 10.0. The van der Waals surface area contributed by atoms with Crippen molar-refractivity contribution in [2.75, 3.05) is 13.2 Å². The highest BCUT2D eigenvalue weighted by molar-refractivity contribution is 5.90. The van der Waals surface area contributed by atoms with Crippen LogP contribution in [0, 0.1) is 0 Å². The third-order valence-corrected chi connectivity index (χ3v) is 4.15. The molecular formula is C23H28N2O4. The second kappa shape index (κ2) is 12.4. The van der Waals surface area contributed by atoms with Gasteiger partial charge in [-0.2, -0.15) is 10.2 Å².